The number of ether oxygens (including phenoxy) is 3. The van der Waals surface area contributed by atoms with Crippen LogP contribution in [0.3, 0.4) is 0 Å². The molecule has 0 spiro atoms. The molecule has 1 aliphatic rings. The molecular formula is C12H12N2O4S. The van der Waals surface area contributed by atoms with Gasteiger partial charge in [0.1, 0.15) is 24.0 Å². The Hall–Kier alpha value is -1.83. The number of nitrogens with two attached hydrogens (primary N) is 1. The van der Waals surface area contributed by atoms with Crippen LogP contribution in [0, 0.1) is 0 Å². The maximum atomic E-state index is 5.65. The molecule has 0 saturated carbocycles. The van der Waals surface area contributed by atoms with Gasteiger partial charge in [0.05, 0.1) is 5.69 Å². The molecule has 2 N–H and O–H groups in total. The minimum Gasteiger partial charge on any atom is -0.486 e. The Balaban J connectivity index is 1.62. The summed E-state index contributed by atoms with van der Waals surface area (Å²) in [5.74, 6) is 7.16. The van der Waals surface area contributed by atoms with Gasteiger partial charge in [-0.2, -0.15) is 0 Å². The Bertz CT molecular complexity index is 573. The first kappa shape index (κ1) is 12.2. The van der Waals surface area contributed by atoms with Crippen molar-refractivity contribution in [2.24, 2.45) is 5.90 Å². The summed E-state index contributed by atoms with van der Waals surface area (Å²) in [6.45, 7) is 0.961. The minimum absolute atomic E-state index is 0.258. The molecule has 1 aromatic carbocycles. The number of hydrogen-bond acceptors (Lipinski definition) is 7. The van der Waals surface area contributed by atoms with Crippen molar-refractivity contribution in [3.05, 3.63) is 34.3 Å². The third-order valence-electron chi connectivity index (χ3n) is 2.54. The van der Waals surface area contributed by atoms with Crippen LogP contribution in [0.4, 0.5) is 0 Å². The van der Waals surface area contributed by atoms with E-state index in [0.717, 1.165) is 22.2 Å². The molecule has 6 nitrogen and oxygen atoms in total. The van der Waals surface area contributed by atoms with E-state index in [1.54, 1.807) is 6.07 Å². The first-order valence-electron chi connectivity index (χ1n) is 5.62. The number of hydrogen-bond donors (Lipinski definition) is 1. The topological polar surface area (TPSA) is 75.8 Å². The third kappa shape index (κ3) is 2.78. The zero-order chi connectivity index (χ0) is 13.1. The molecule has 0 fully saturated rings. The van der Waals surface area contributed by atoms with Gasteiger partial charge in [0.2, 0.25) is 6.79 Å². The van der Waals surface area contributed by atoms with Crippen LogP contribution in [0.5, 0.6) is 17.2 Å². The van der Waals surface area contributed by atoms with Crippen LogP contribution < -0.4 is 20.1 Å². The van der Waals surface area contributed by atoms with Crippen molar-refractivity contribution in [1.82, 2.24) is 4.98 Å². The lowest BCUT2D eigenvalue weighted by Gasteiger charge is -2.04. The maximum absolute atomic E-state index is 5.65. The normalized spacial score (nSPS) is 12.7. The van der Waals surface area contributed by atoms with Crippen LogP contribution in [0.15, 0.2) is 23.6 Å². The molecule has 3 rings (SSSR count). The minimum atomic E-state index is 0.258. The lowest BCUT2D eigenvalue weighted by molar-refractivity contribution is 0.121. The van der Waals surface area contributed by atoms with Crippen LogP contribution in [-0.4, -0.2) is 11.8 Å². The molecule has 2 heterocycles. The Morgan fingerprint density at radius 3 is 3.05 bits per heavy atom. The summed E-state index contributed by atoms with van der Waals surface area (Å²) in [6.07, 6.45) is 0. The fourth-order valence-corrected chi connectivity index (χ4v) is 2.37. The van der Waals surface area contributed by atoms with E-state index >= 15 is 0 Å². The van der Waals surface area contributed by atoms with Crippen molar-refractivity contribution in [3.63, 3.8) is 0 Å². The molecule has 100 valence electrons. The van der Waals surface area contributed by atoms with Gasteiger partial charge in [-0.1, -0.05) is 0 Å². The van der Waals surface area contributed by atoms with Crippen LogP contribution >= 0.6 is 11.3 Å². The van der Waals surface area contributed by atoms with Crippen LogP contribution in [0.25, 0.3) is 0 Å². The number of rotatable bonds is 5. The second-order valence-electron chi connectivity index (χ2n) is 3.85. The van der Waals surface area contributed by atoms with E-state index in [1.807, 2.05) is 17.5 Å². The molecule has 7 heteroatoms. The van der Waals surface area contributed by atoms with Gasteiger partial charge in [-0.15, -0.1) is 11.3 Å². The first-order chi connectivity index (χ1) is 9.35. The summed E-state index contributed by atoms with van der Waals surface area (Å²) in [4.78, 5) is 8.85. The van der Waals surface area contributed by atoms with Gasteiger partial charge in [0, 0.05) is 11.4 Å². The summed E-state index contributed by atoms with van der Waals surface area (Å²) < 4.78 is 16.2. The highest BCUT2D eigenvalue weighted by atomic mass is 32.1. The van der Waals surface area contributed by atoms with E-state index in [0.29, 0.717) is 19.0 Å². The molecule has 0 atom stereocenters. The summed E-state index contributed by atoms with van der Waals surface area (Å²) in [5.41, 5.74) is 0.803. The highest BCUT2D eigenvalue weighted by molar-refractivity contribution is 7.09. The lowest BCUT2D eigenvalue weighted by Crippen LogP contribution is -2.00. The predicted octanol–water partition coefficient (Wildman–Crippen LogP) is 1.84. The second-order valence-corrected chi connectivity index (χ2v) is 4.79. The molecule has 0 amide bonds. The van der Waals surface area contributed by atoms with Crippen molar-refractivity contribution in [3.8, 4) is 17.2 Å². The van der Waals surface area contributed by atoms with Gasteiger partial charge in [-0.05, 0) is 12.1 Å². The third-order valence-corrected chi connectivity index (χ3v) is 3.41. The van der Waals surface area contributed by atoms with Gasteiger partial charge < -0.3 is 14.2 Å². The van der Waals surface area contributed by atoms with E-state index in [4.69, 9.17) is 20.1 Å². The predicted molar refractivity (Wildman–Crippen MR) is 68.0 cm³/mol. The van der Waals surface area contributed by atoms with Crippen LogP contribution in [-0.2, 0) is 18.1 Å². The number of benzene rings is 1. The molecular weight excluding hydrogens is 268 g/mol. The van der Waals surface area contributed by atoms with E-state index in [9.17, 15) is 0 Å². The zero-order valence-electron chi connectivity index (χ0n) is 10.00. The van der Waals surface area contributed by atoms with Crippen molar-refractivity contribution in [2.45, 2.75) is 13.2 Å². The van der Waals surface area contributed by atoms with E-state index in [-0.39, 0.29) is 6.79 Å². The highest BCUT2D eigenvalue weighted by Gasteiger charge is 2.13. The monoisotopic (exact) mass is 280 g/mol. The van der Waals surface area contributed by atoms with Crippen molar-refractivity contribution in [2.75, 3.05) is 6.79 Å². The molecule has 0 saturated heterocycles. The largest absolute Gasteiger partial charge is 0.486 e. The molecule has 0 unspecified atom stereocenters. The van der Waals surface area contributed by atoms with Crippen molar-refractivity contribution in [1.29, 1.82) is 0 Å². The standard InChI is InChI=1S/C12H12N2O4S/c13-18-4-8-6-19-12(14-8)5-15-9-1-2-10-11(3-9)17-7-16-10/h1-3,6H,4-5,7,13H2. The van der Waals surface area contributed by atoms with E-state index in [2.05, 4.69) is 9.82 Å². The average Bonchev–Trinajstić information content (AvgIpc) is 3.04. The van der Waals surface area contributed by atoms with Gasteiger partial charge in [-0.25, -0.2) is 10.9 Å². The first-order valence-corrected chi connectivity index (χ1v) is 6.50. The molecule has 1 aliphatic heterocycles. The number of aromatic nitrogens is 1. The molecule has 0 aliphatic carbocycles. The molecule has 2 aromatic rings. The summed E-state index contributed by atoms with van der Waals surface area (Å²) in [7, 11) is 0. The molecule has 0 bridgehead atoms. The van der Waals surface area contributed by atoms with Crippen LogP contribution in [0.1, 0.15) is 10.7 Å². The molecule has 0 radical (unpaired) electrons. The summed E-state index contributed by atoms with van der Waals surface area (Å²) in [5, 5.41) is 2.76. The summed E-state index contributed by atoms with van der Waals surface area (Å²) >= 11 is 1.51. The van der Waals surface area contributed by atoms with E-state index in [1.165, 1.54) is 11.3 Å². The Morgan fingerprint density at radius 2 is 2.16 bits per heavy atom. The Kier molecular flexibility index (Phi) is 3.49. The molecule has 1 aromatic heterocycles. The maximum Gasteiger partial charge on any atom is 0.231 e. The van der Waals surface area contributed by atoms with Crippen molar-refractivity contribution < 1.29 is 19.0 Å². The smallest absolute Gasteiger partial charge is 0.231 e. The fraction of sp³-hybridized carbons (Fsp3) is 0.250. The van der Waals surface area contributed by atoms with Crippen molar-refractivity contribution >= 4 is 11.3 Å². The fourth-order valence-electron chi connectivity index (χ4n) is 1.68. The second kappa shape index (κ2) is 5.43. The molecule has 19 heavy (non-hydrogen) atoms. The Morgan fingerprint density at radius 1 is 1.26 bits per heavy atom. The summed E-state index contributed by atoms with van der Waals surface area (Å²) in [6, 6.07) is 5.47. The van der Waals surface area contributed by atoms with Gasteiger partial charge in [0.25, 0.3) is 0 Å². The van der Waals surface area contributed by atoms with Gasteiger partial charge in [0.15, 0.2) is 11.5 Å². The number of thiazole rings is 1. The number of fused-ring (bicyclic) bond motifs is 1. The average molecular weight is 280 g/mol. The van der Waals surface area contributed by atoms with E-state index < -0.39 is 0 Å². The van der Waals surface area contributed by atoms with Gasteiger partial charge >= 0.3 is 0 Å². The SMILES string of the molecule is NOCc1csc(COc2ccc3c(c2)OCO3)n1. The lowest BCUT2D eigenvalue weighted by atomic mass is 10.3. The van der Waals surface area contributed by atoms with Gasteiger partial charge in [-0.3, -0.25) is 4.84 Å². The Labute approximate surface area is 113 Å². The zero-order valence-corrected chi connectivity index (χ0v) is 10.8. The number of nitrogens with zero attached hydrogens (tertiary/aromatic N) is 1. The quantitative estimate of drug-likeness (QED) is 0.842. The van der Waals surface area contributed by atoms with Crippen LogP contribution in [0.2, 0.25) is 0 Å². The highest BCUT2D eigenvalue weighted by Crippen LogP contribution is 2.35.